The zero-order valence-electron chi connectivity index (χ0n) is 16.3. The van der Waals surface area contributed by atoms with Gasteiger partial charge in [0.05, 0.1) is 23.1 Å². The maximum Gasteiger partial charge on any atom is 0.239 e. The third kappa shape index (κ3) is 3.29. The SMILES string of the molecule is C[C@@H](Nc1ncnn2cccc12)c1cc2cccc(Cl)c2nc1N1CCNC(=O)C1. The van der Waals surface area contributed by atoms with Crippen molar-refractivity contribution in [2.45, 2.75) is 13.0 Å². The second-order valence-electron chi connectivity index (χ2n) is 7.30. The number of nitrogens with one attached hydrogen (secondary N) is 2. The molecular formula is C21H20ClN7O. The Hall–Kier alpha value is -3.39. The van der Waals surface area contributed by atoms with Gasteiger partial charge in [0.25, 0.3) is 0 Å². The molecule has 4 aromatic rings. The van der Waals surface area contributed by atoms with Gasteiger partial charge >= 0.3 is 0 Å². The van der Waals surface area contributed by atoms with E-state index in [1.165, 1.54) is 6.33 Å². The molecule has 0 saturated carbocycles. The van der Waals surface area contributed by atoms with Crippen LogP contribution in [0.3, 0.4) is 0 Å². The molecule has 0 bridgehead atoms. The molecule has 4 heterocycles. The van der Waals surface area contributed by atoms with Gasteiger partial charge in [0.2, 0.25) is 5.91 Å². The second kappa shape index (κ2) is 7.46. The Labute approximate surface area is 177 Å². The molecule has 8 nitrogen and oxygen atoms in total. The number of carbonyl (C=O) groups excluding carboxylic acids is 1. The number of carbonyl (C=O) groups is 1. The van der Waals surface area contributed by atoms with Crippen molar-refractivity contribution < 1.29 is 4.79 Å². The summed E-state index contributed by atoms with van der Waals surface area (Å²) in [4.78, 5) is 23.3. The maximum absolute atomic E-state index is 12.0. The van der Waals surface area contributed by atoms with Gasteiger partial charge in [-0.15, -0.1) is 0 Å². The molecule has 0 spiro atoms. The van der Waals surface area contributed by atoms with E-state index in [0.717, 1.165) is 33.6 Å². The molecule has 0 radical (unpaired) electrons. The second-order valence-corrected chi connectivity index (χ2v) is 7.70. The molecule has 3 aromatic heterocycles. The first-order chi connectivity index (χ1) is 14.6. The summed E-state index contributed by atoms with van der Waals surface area (Å²) >= 11 is 6.42. The van der Waals surface area contributed by atoms with E-state index in [4.69, 9.17) is 16.6 Å². The number of anilines is 2. The molecule has 1 fully saturated rings. The summed E-state index contributed by atoms with van der Waals surface area (Å²) in [6, 6.07) is 11.6. The summed E-state index contributed by atoms with van der Waals surface area (Å²) in [6.45, 7) is 3.59. The first-order valence-electron chi connectivity index (χ1n) is 9.76. The standard InChI is InChI=1S/C21H20ClN7O/c1-13(26-20-17-6-3-8-29(17)25-12-24-20)15-10-14-4-2-5-16(22)19(14)27-21(15)28-9-7-23-18(30)11-28/h2-6,8,10,12-13H,7,9,11H2,1H3,(H,23,30)(H,24,25,26)/t13-/m1/s1. The van der Waals surface area contributed by atoms with Crippen molar-refractivity contribution in [3.05, 3.63) is 59.5 Å². The third-order valence-electron chi connectivity index (χ3n) is 5.30. The quantitative estimate of drug-likeness (QED) is 0.526. The average Bonchev–Trinajstić information content (AvgIpc) is 3.23. The first-order valence-corrected chi connectivity index (χ1v) is 10.1. The molecule has 1 aliphatic rings. The Balaban J connectivity index is 1.60. The first kappa shape index (κ1) is 18.6. The number of amides is 1. The topological polar surface area (TPSA) is 87.4 Å². The fourth-order valence-corrected chi connectivity index (χ4v) is 4.04. The van der Waals surface area contributed by atoms with Gasteiger partial charge < -0.3 is 15.5 Å². The van der Waals surface area contributed by atoms with E-state index >= 15 is 0 Å². The number of hydrogen-bond acceptors (Lipinski definition) is 6. The number of fused-ring (bicyclic) bond motifs is 2. The van der Waals surface area contributed by atoms with E-state index in [1.807, 2.05) is 41.4 Å². The minimum Gasteiger partial charge on any atom is -0.362 e. The summed E-state index contributed by atoms with van der Waals surface area (Å²) in [5.41, 5.74) is 2.59. The molecule has 2 N–H and O–H groups in total. The van der Waals surface area contributed by atoms with Crippen molar-refractivity contribution in [2.75, 3.05) is 29.9 Å². The zero-order chi connectivity index (χ0) is 20.7. The normalized spacial score (nSPS) is 15.4. The van der Waals surface area contributed by atoms with Gasteiger partial charge in [-0.3, -0.25) is 4.79 Å². The molecule has 0 unspecified atom stereocenters. The van der Waals surface area contributed by atoms with Crippen LogP contribution in [0.5, 0.6) is 0 Å². The van der Waals surface area contributed by atoms with Crippen LogP contribution in [-0.4, -0.2) is 45.1 Å². The molecule has 1 amide bonds. The lowest BCUT2D eigenvalue weighted by Crippen LogP contribution is -2.48. The van der Waals surface area contributed by atoms with Crippen LogP contribution in [0.1, 0.15) is 18.5 Å². The molecule has 30 heavy (non-hydrogen) atoms. The molecule has 5 rings (SSSR count). The highest BCUT2D eigenvalue weighted by Crippen LogP contribution is 2.33. The van der Waals surface area contributed by atoms with Gasteiger partial charge in [-0.05, 0) is 31.2 Å². The van der Waals surface area contributed by atoms with E-state index in [2.05, 4.69) is 33.7 Å². The summed E-state index contributed by atoms with van der Waals surface area (Å²) in [7, 11) is 0. The third-order valence-corrected chi connectivity index (χ3v) is 5.60. The van der Waals surface area contributed by atoms with Gasteiger partial charge in [0.15, 0.2) is 5.82 Å². The van der Waals surface area contributed by atoms with E-state index in [0.29, 0.717) is 18.1 Å². The highest BCUT2D eigenvalue weighted by molar-refractivity contribution is 6.35. The van der Waals surface area contributed by atoms with Crippen LogP contribution >= 0.6 is 11.6 Å². The lowest BCUT2D eigenvalue weighted by atomic mass is 10.0. The number of benzene rings is 1. The summed E-state index contributed by atoms with van der Waals surface area (Å²) in [5, 5.41) is 12.1. The van der Waals surface area contributed by atoms with Crippen LogP contribution in [0, 0.1) is 0 Å². The smallest absolute Gasteiger partial charge is 0.239 e. The lowest BCUT2D eigenvalue weighted by Gasteiger charge is -2.31. The highest BCUT2D eigenvalue weighted by Gasteiger charge is 2.24. The van der Waals surface area contributed by atoms with Crippen LogP contribution in [-0.2, 0) is 4.79 Å². The minimum absolute atomic E-state index is 0.0143. The van der Waals surface area contributed by atoms with Crippen molar-refractivity contribution in [1.29, 1.82) is 0 Å². The number of rotatable bonds is 4. The van der Waals surface area contributed by atoms with E-state index in [9.17, 15) is 4.79 Å². The van der Waals surface area contributed by atoms with Crippen LogP contribution < -0.4 is 15.5 Å². The van der Waals surface area contributed by atoms with Crippen molar-refractivity contribution in [3.8, 4) is 0 Å². The number of hydrogen-bond donors (Lipinski definition) is 2. The molecule has 0 aliphatic carbocycles. The summed E-state index contributed by atoms with van der Waals surface area (Å²) in [6.07, 6.45) is 3.40. The van der Waals surface area contributed by atoms with Gasteiger partial charge in [-0.25, -0.2) is 14.5 Å². The Bertz CT molecular complexity index is 1250. The van der Waals surface area contributed by atoms with Gasteiger partial charge in [-0.2, -0.15) is 5.10 Å². The Morgan fingerprint density at radius 3 is 3.03 bits per heavy atom. The van der Waals surface area contributed by atoms with E-state index in [-0.39, 0.29) is 18.5 Å². The van der Waals surface area contributed by atoms with E-state index in [1.54, 1.807) is 4.52 Å². The molecule has 1 aliphatic heterocycles. The molecular weight excluding hydrogens is 402 g/mol. The minimum atomic E-state index is -0.116. The van der Waals surface area contributed by atoms with Crippen molar-refractivity contribution >= 4 is 45.6 Å². The molecule has 1 aromatic carbocycles. The van der Waals surface area contributed by atoms with Gasteiger partial charge in [0, 0.05) is 30.2 Å². The average molecular weight is 422 g/mol. The van der Waals surface area contributed by atoms with Gasteiger partial charge in [0.1, 0.15) is 17.7 Å². The fraction of sp³-hybridized carbons (Fsp3) is 0.238. The van der Waals surface area contributed by atoms with E-state index < -0.39 is 0 Å². The maximum atomic E-state index is 12.0. The van der Waals surface area contributed by atoms with Crippen LogP contribution in [0.2, 0.25) is 5.02 Å². The molecule has 1 saturated heterocycles. The molecule has 9 heteroatoms. The summed E-state index contributed by atoms with van der Waals surface area (Å²) < 4.78 is 1.77. The Kier molecular flexibility index (Phi) is 4.63. The number of aromatic nitrogens is 4. The highest BCUT2D eigenvalue weighted by atomic mass is 35.5. The Morgan fingerprint density at radius 2 is 2.17 bits per heavy atom. The number of halogens is 1. The van der Waals surface area contributed by atoms with Crippen molar-refractivity contribution in [1.82, 2.24) is 24.9 Å². The number of para-hydroxylation sites is 1. The number of pyridine rings is 1. The monoisotopic (exact) mass is 421 g/mol. The summed E-state index contributed by atoms with van der Waals surface area (Å²) in [5.74, 6) is 1.47. The largest absolute Gasteiger partial charge is 0.362 e. The number of nitrogens with zero attached hydrogens (tertiary/aromatic N) is 5. The predicted molar refractivity (Wildman–Crippen MR) is 117 cm³/mol. The van der Waals surface area contributed by atoms with Crippen molar-refractivity contribution in [3.63, 3.8) is 0 Å². The van der Waals surface area contributed by atoms with Crippen LogP contribution in [0.4, 0.5) is 11.6 Å². The molecule has 152 valence electrons. The van der Waals surface area contributed by atoms with Crippen LogP contribution in [0.25, 0.3) is 16.4 Å². The molecule has 1 atom stereocenters. The number of piperazine rings is 1. The Morgan fingerprint density at radius 1 is 1.27 bits per heavy atom. The fourth-order valence-electron chi connectivity index (χ4n) is 3.82. The predicted octanol–water partition coefficient (Wildman–Crippen LogP) is 3.04. The lowest BCUT2D eigenvalue weighted by molar-refractivity contribution is -0.120. The van der Waals surface area contributed by atoms with Crippen LogP contribution in [0.15, 0.2) is 48.9 Å². The van der Waals surface area contributed by atoms with Gasteiger partial charge in [-0.1, -0.05) is 23.7 Å². The van der Waals surface area contributed by atoms with Crippen molar-refractivity contribution in [2.24, 2.45) is 0 Å². The zero-order valence-corrected chi connectivity index (χ0v) is 17.1.